The molecular formula is C24H36N2O4. The highest BCUT2D eigenvalue weighted by Crippen LogP contribution is 2.39. The minimum Gasteiger partial charge on any atom is -0.454 e. The van der Waals surface area contributed by atoms with Gasteiger partial charge in [0.25, 0.3) is 0 Å². The maximum Gasteiger partial charge on any atom is 0.231 e. The van der Waals surface area contributed by atoms with Crippen LogP contribution in [0.5, 0.6) is 11.5 Å². The number of hydrogen-bond donors (Lipinski definition) is 1. The number of carbonyl (C=O) groups excluding carboxylic acids is 1. The van der Waals surface area contributed by atoms with Gasteiger partial charge in [0.05, 0.1) is 11.7 Å². The number of benzene rings is 1. The first-order chi connectivity index (χ1) is 14.4. The smallest absolute Gasteiger partial charge is 0.231 e. The molecule has 0 radical (unpaired) electrons. The molecule has 1 aromatic rings. The summed E-state index contributed by atoms with van der Waals surface area (Å²) in [5.41, 5.74) is 1.34. The number of piperidine rings is 1. The van der Waals surface area contributed by atoms with E-state index in [9.17, 15) is 4.79 Å². The SMILES string of the molecule is CC(C)C(=O)NC[C@@H]1CCC2(CCN(C[C@H](C)Cc3ccc4c(c3)OCO4)CC2)O1. The molecule has 30 heavy (non-hydrogen) atoms. The lowest BCUT2D eigenvalue weighted by Gasteiger charge is -2.40. The molecule has 1 aromatic carbocycles. The number of hydrogen-bond acceptors (Lipinski definition) is 5. The van der Waals surface area contributed by atoms with Crippen LogP contribution in [0.1, 0.15) is 52.0 Å². The van der Waals surface area contributed by atoms with Crippen molar-refractivity contribution in [2.75, 3.05) is 33.0 Å². The molecule has 1 N–H and O–H groups in total. The van der Waals surface area contributed by atoms with E-state index < -0.39 is 0 Å². The lowest BCUT2D eigenvalue weighted by Crippen LogP contribution is -2.46. The summed E-state index contributed by atoms with van der Waals surface area (Å²) in [6, 6.07) is 6.29. The van der Waals surface area contributed by atoms with Gasteiger partial charge in [0.2, 0.25) is 12.7 Å². The van der Waals surface area contributed by atoms with E-state index in [0.29, 0.717) is 19.3 Å². The van der Waals surface area contributed by atoms with Gasteiger partial charge in [-0.3, -0.25) is 4.79 Å². The highest BCUT2D eigenvalue weighted by molar-refractivity contribution is 5.77. The van der Waals surface area contributed by atoms with Crippen molar-refractivity contribution < 1.29 is 19.0 Å². The van der Waals surface area contributed by atoms with Crippen molar-refractivity contribution in [1.29, 1.82) is 0 Å². The fourth-order valence-corrected chi connectivity index (χ4v) is 4.94. The number of nitrogens with one attached hydrogen (secondary N) is 1. The Morgan fingerprint density at radius 3 is 2.70 bits per heavy atom. The maximum atomic E-state index is 11.8. The summed E-state index contributed by atoms with van der Waals surface area (Å²) in [5.74, 6) is 2.46. The van der Waals surface area contributed by atoms with Crippen LogP contribution in [0.4, 0.5) is 0 Å². The van der Waals surface area contributed by atoms with Crippen molar-refractivity contribution >= 4 is 5.91 Å². The number of fused-ring (bicyclic) bond motifs is 1. The average molecular weight is 417 g/mol. The molecule has 6 nitrogen and oxygen atoms in total. The average Bonchev–Trinajstić information content (AvgIpc) is 3.35. The van der Waals surface area contributed by atoms with Crippen LogP contribution < -0.4 is 14.8 Å². The van der Waals surface area contributed by atoms with E-state index in [0.717, 1.165) is 63.2 Å². The highest BCUT2D eigenvalue weighted by Gasteiger charge is 2.42. The third-order valence-corrected chi connectivity index (χ3v) is 6.73. The minimum absolute atomic E-state index is 0.0308. The van der Waals surface area contributed by atoms with E-state index in [-0.39, 0.29) is 23.5 Å². The third-order valence-electron chi connectivity index (χ3n) is 6.73. The molecule has 0 saturated carbocycles. The van der Waals surface area contributed by atoms with E-state index in [4.69, 9.17) is 14.2 Å². The van der Waals surface area contributed by atoms with Gasteiger partial charge >= 0.3 is 0 Å². The number of rotatable bonds is 7. The fourth-order valence-electron chi connectivity index (χ4n) is 4.94. The van der Waals surface area contributed by atoms with Gasteiger partial charge in [0.1, 0.15) is 0 Å². The van der Waals surface area contributed by atoms with Gasteiger partial charge in [-0.25, -0.2) is 0 Å². The van der Waals surface area contributed by atoms with Crippen LogP contribution in [-0.4, -0.2) is 55.5 Å². The van der Waals surface area contributed by atoms with Crippen LogP contribution in [0.15, 0.2) is 18.2 Å². The van der Waals surface area contributed by atoms with E-state index in [1.54, 1.807) is 0 Å². The van der Waals surface area contributed by atoms with Crippen LogP contribution >= 0.6 is 0 Å². The van der Waals surface area contributed by atoms with E-state index in [1.165, 1.54) is 5.56 Å². The Kier molecular flexibility index (Phi) is 6.54. The summed E-state index contributed by atoms with van der Waals surface area (Å²) < 4.78 is 17.4. The first-order valence-electron chi connectivity index (χ1n) is 11.5. The first kappa shape index (κ1) is 21.4. The zero-order valence-corrected chi connectivity index (χ0v) is 18.6. The molecule has 2 fully saturated rings. The zero-order chi connectivity index (χ0) is 21.1. The molecule has 2 atom stereocenters. The molecule has 0 bridgehead atoms. The Balaban J connectivity index is 1.20. The van der Waals surface area contributed by atoms with E-state index >= 15 is 0 Å². The molecule has 0 unspecified atom stereocenters. The summed E-state index contributed by atoms with van der Waals surface area (Å²) in [4.78, 5) is 14.4. The van der Waals surface area contributed by atoms with Gasteiger partial charge in [-0.05, 0) is 55.7 Å². The van der Waals surface area contributed by atoms with Gasteiger partial charge in [-0.1, -0.05) is 26.8 Å². The summed E-state index contributed by atoms with van der Waals surface area (Å²) in [6.07, 6.45) is 5.59. The lowest BCUT2D eigenvalue weighted by molar-refractivity contribution is -0.125. The normalized spacial score (nSPS) is 23.8. The topological polar surface area (TPSA) is 60.0 Å². The second-order valence-corrected chi connectivity index (χ2v) is 9.66. The maximum absolute atomic E-state index is 11.8. The molecule has 166 valence electrons. The summed E-state index contributed by atoms with van der Waals surface area (Å²) >= 11 is 0. The molecule has 0 aliphatic carbocycles. The number of likely N-dealkylation sites (tertiary alicyclic amines) is 1. The van der Waals surface area contributed by atoms with Crippen molar-refractivity contribution in [3.63, 3.8) is 0 Å². The number of nitrogens with zero attached hydrogens (tertiary/aromatic N) is 1. The largest absolute Gasteiger partial charge is 0.454 e. The van der Waals surface area contributed by atoms with Gasteiger partial charge < -0.3 is 24.4 Å². The Hall–Kier alpha value is -1.79. The monoisotopic (exact) mass is 416 g/mol. The summed E-state index contributed by atoms with van der Waals surface area (Å²) in [7, 11) is 0. The molecule has 1 amide bonds. The second kappa shape index (κ2) is 9.15. The Morgan fingerprint density at radius 2 is 1.93 bits per heavy atom. The number of amides is 1. The summed E-state index contributed by atoms with van der Waals surface area (Å²) in [6.45, 7) is 10.5. The Morgan fingerprint density at radius 1 is 1.17 bits per heavy atom. The van der Waals surface area contributed by atoms with Crippen LogP contribution in [-0.2, 0) is 16.0 Å². The molecule has 6 heteroatoms. The molecule has 1 spiro atoms. The van der Waals surface area contributed by atoms with Crippen LogP contribution in [0.2, 0.25) is 0 Å². The zero-order valence-electron chi connectivity index (χ0n) is 18.6. The van der Waals surface area contributed by atoms with Crippen molar-refractivity contribution in [1.82, 2.24) is 10.2 Å². The van der Waals surface area contributed by atoms with Gasteiger partial charge in [-0.15, -0.1) is 0 Å². The van der Waals surface area contributed by atoms with Crippen LogP contribution in [0.3, 0.4) is 0 Å². The highest BCUT2D eigenvalue weighted by atomic mass is 16.7. The van der Waals surface area contributed by atoms with Gasteiger partial charge in [0.15, 0.2) is 11.5 Å². The fraction of sp³-hybridized carbons (Fsp3) is 0.708. The van der Waals surface area contributed by atoms with Gasteiger partial charge in [-0.2, -0.15) is 0 Å². The molecule has 3 aliphatic heterocycles. The standard InChI is InChI=1S/C24H36N2O4/c1-17(2)23(27)25-14-20-6-7-24(30-20)8-10-26(11-9-24)15-18(3)12-19-4-5-21-22(13-19)29-16-28-21/h4-5,13,17-18,20H,6-12,14-16H2,1-3H3,(H,25,27)/t18-,20+/m1/s1. The molecule has 2 saturated heterocycles. The van der Waals surface area contributed by atoms with Crippen molar-refractivity contribution in [3.8, 4) is 11.5 Å². The lowest BCUT2D eigenvalue weighted by atomic mass is 9.88. The van der Waals surface area contributed by atoms with Crippen molar-refractivity contribution in [2.45, 2.75) is 64.6 Å². The second-order valence-electron chi connectivity index (χ2n) is 9.66. The molecule has 3 aliphatic rings. The molecular weight excluding hydrogens is 380 g/mol. The number of ether oxygens (including phenoxy) is 3. The molecule has 4 rings (SSSR count). The van der Waals surface area contributed by atoms with E-state index in [2.05, 4.69) is 29.3 Å². The van der Waals surface area contributed by atoms with E-state index in [1.807, 2.05) is 19.9 Å². The predicted octanol–water partition coefficient (Wildman–Crippen LogP) is 3.38. The predicted molar refractivity (Wildman–Crippen MR) is 116 cm³/mol. The third kappa shape index (κ3) is 5.09. The first-order valence-corrected chi connectivity index (χ1v) is 11.5. The Bertz CT molecular complexity index is 743. The van der Waals surface area contributed by atoms with Gasteiger partial charge in [0, 0.05) is 32.1 Å². The summed E-state index contributed by atoms with van der Waals surface area (Å²) in [5, 5.41) is 3.03. The quantitative estimate of drug-likeness (QED) is 0.738. The number of carbonyl (C=O) groups is 1. The Labute approximate surface area is 180 Å². The van der Waals surface area contributed by atoms with Crippen LogP contribution in [0.25, 0.3) is 0 Å². The van der Waals surface area contributed by atoms with Crippen LogP contribution in [0, 0.1) is 11.8 Å². The van der Waals surface area contributed by atoms with Crippen molar-refractivity contribution in [2.24, 2.45) is 11.8 Å². The molecule has 3 heterocycles. The van der Waals surface area contributed by atoms with Crippen molar-refractivity contribution in [3.05, 3.63) is 23.8 Å². The molecule has 0 aromatic heterocycles. The minimum atomic E-state index is 0.0308.